The Morgan fingerprint density at radius 2 is 1.50 bits per heavy atom. The van der Waals surface area contributed by atoms with E-state index in [9.17, 15) is 19.2 Å². The highest BCUT2D eigenvalue weighted by Crippen LogP contribution is 2.03. The molecule has 0 rings (SSSR count). The van der Waals surface area contributed by atoms with Crippen molar-refractivity contribution in [3.8, 4) is 0 Å². The Hall–Kier alpha value is -2.16. The van der Waals surface area contributed by atoms with Gasteiger partial charge in [0, 0.05) is 0 Å². The third kappa shape index (κ3) is 9.09. The number of nitrogens with one attached hydrogen (secondary N) is 3. The van der Waals surface area contributed by atoms with Gasteiger partial charge in [0.1, 0.15) is 12.6 Å². The fraction of sp³-hybridized carbons (Fsp3) is 0.733. The van der Waals surface area contributed by atoms with Gasteiger partial charge in [0.05, 0.1) is 12.6 Å². The Morgan fingerprint density at radius 3 is 1.96 bits per heavy atom. The van der Waals surface area contributed by atoms with Crippen molar-refractivity contribution in [2.75, 3.05) is 13.1 Å². The van der Waals surface area contributed by atoms with Gasteiger partial charge in [0.25, 0.3) is 0 Å². The van der Waals surface area contributed by atoms with Crippen molar-refractivity contribution >= 4 is 23.7 Å². The molecule has 0 radical (unpaired) electrons. The van der Waals surface area contributed by atoms with Crippen molar-refractivity contribution in [2.24, 2.45) is 17.6 Å². The van der Waals surface area contributed by atoms with E-state index in [2.05, 4.69) is 16.0 Å². The second-order valence-corrected chi connectivity index (χ2v) is 6.35. The number of rotatable bonds is 10. The molecule has 0 saturated heterocycles. The van der Waals surface area contributed by atoms with E-state index in [-0.39, 0.29) is 18.4 Å². The predicted molar refractivity (Wildman–Crippen MR) is 87.9 cm³/mol. The zero-order valence-electron chi connectivity index (χ0n) is 14.6. The fourth-order valence-corrected chi connectivity index (χ4v) is 1.95. The minimum absolute atomic E-state index is 0.248. The van der Waals surface area contributed by atoms with Crippen molar-refractivity contribution in [3.63, 3.8) is 0 Å². The van der Waals surface area contributed by atoms with Crippen LogP contribution in [-0.2, 0) is 19.2 Å². The molecule has 24 heavy (non-hydrogen) atoms. The standard InChI is InChI=1S/C15H28N4O5/c1-8(2)5-10(16)14(23)17-6-11(20)19-13(9(3)4)15(24)18-7-12(21)22/h8-10,13H,5-7,16H2,1-4H3,(H,17,23)(H,18,24)(H,19,20)(H,21,22). The van der Waals surface area contributed by atoms with E-state index >= 15 is 0 Å². The number of amides is 3. The van der Waals surface area contributed by atoms with Crippen molar-refractivity contribution in [1.29, 1.82) is 0 Å². The molecule has 0 saturated carbocycles. The van der Waals surface area contributed by atoms with Gasteiger partial charge in [0.2, 0.25) is 17.7 Å². The Labute approximate surface area is 141 Å². The molecule has 0 aliphatic carbocycles. The minimum Gasteiger partial charge on any atom is -0.480 e. The molecule has 0 aromatic carbocycles. The van der Waals surface area contributed by atoms with E-state index in [1.165, 1.54) is 0 Å². The lowest BCUT2D eigenvalue weighted by atomic mass is 10.0. The van der Waals surface area contributed by atoms with Crippen LogP contribution in [0.15, 0.2) is 0 Å². The molecule has 9 heteroatoms. The molecular formula is C15H28N4O5. The summed E-state index contributed by atoms with van der Waals surface area (Å²) >= 11 is 0. The van der Waals surface area contributed by atoms with Crippen LogP contribution in [0.5, 0.6) is 0 Å². The van der Waals surface area contributed by atoms with Crippen molar-refractivity contribution in [2.45, 2.75) is 46.2 Å². The quantitative estimate of drug-likeness (QED) is 0.336. The van der Waals surface area contributed by atoms with Gasteiger partial charge < -0.3 is 26.8 Å². The summed E-state index contributed by atoms with van der Waals surface area (Å²) in [6, 6.07) is -1.59. The normalized spacial score (nSPS) is 13.3. The first kappa shape index (κ1) is 21.8. The van der Waals surface area contributed by atoms with Gasteiger partial charge in [0.15, 0.2) is 0 Å². The van der Waals surface area contributed by atoms with Crippen LogP contribution in [0.1, 0.15) is 34.1 Å². The van der Waals surface area contributed by atoms with Crippen molar-refractivity contribution < 1.29 is 24.3 Å². The Bertz CT molecular complexity index is 465. The predicted octanol–water partition coefficient (Wildman–Crippen LogP) is -1.18. The maximum atomic E-state index is 11.9. The van der Waals surface area contributed by atoms with Crippen LogP contribution >= 0.6 is 0 Å². The average molecular weight is 344 g/mol. The van der Waals surface area contributed by atoms with E-state index in [0.29, 0.717) is 6.42 Å². The Morgan fingerprint density at radius 1 is 0.958 bits per heavy atom. The van der Waals surface area contributed by atoms with Gasteiger partial charge in [-0.2, -0.15) is 0 Å². The highest BCUT2D eigenvalue weighted by Gasteiger charge is 2.25. The number of carboxylic acid groups (broad SMARTS) is 1. The largest absolute Gasteiger partial charge is 0.480 e. The second kappa shape index (κ2) is 10.6. The number of carboxylic acids is 1. The molecule has 2 unspecified atom stereocenters. The molecule has 9 nitrogen and oxygen atoms in total. The number of hydrogen-bond acceptors (Lipinski definition) is 5. The van der Waals surface area contributed by atoms with Crippen LogP contribution in [-0.4, -0.2) is 54.0 Å². The summed E-state index contributed by atoms with van der Waals surface area (Å²) < 4.78 is 0. The molecule has 2 atom stereocenters. The fourth-order valence-electron chi connectivity index (χ4n) is 1.95. The highest BCUT2D eigenvalue weighted by atomic mass is 16.4. The van der Waals surface area contributed by atoms with Crippen LogP contribution in [0.3, 0.4) is 0 Å². The van der Waals surface area contributed by atoms with Crippen LogP contribution in [0.2, 0.25) is 0 Å². The summed E-state index contributed by atoms with van der Waals surface area (Å²) in [5, 5.41) is 15.7. The van der Waals surface area contributed by atoms with Crippen LogP contribution in [0, 0.1) is 11.8 Å². The van der Waals surface area contributed by atoms with Crippen LogP contribution in [0.25, 0.3) is 0 Å². The highest BCUT2D eigenvalue weighted by molar-refractivity contribution is 5.92. The zero-order valence-corrected chi connectivity index (χ0v) is 14.6. The lowest BCUT2D eigenvalue weighted by molar-refractivity contribution is -0.138. The monoisotopic (exact) mass is 344 g/mol. The summed E-state index contributed by atoms with van der Waals surface area (Å²) in [7, 11) is 0. The minimum atomic E-state index is -1.18. The SMILES string of the molecule is CC(C)CC(N)C(=O)NCC(=O)NC(C(=O)NCC(=O)O)C(C)C. The van der Waals surface area contributed by atoms with Gasteiger partial charge in [-0.15, -0.1) is 0 Å². The smallest absolute Gasteiger partial charge is 0.322 e. The maximum absolute atomic E-state index is 11.9. The number of hydrogen-bond donors (Lipinski definition) is 5. The zero-order chi connectivity index (χ0) is 18.9. The molecule has 0 bridgehead atoms. The molecule has 0 fully saturated rings. The van der Waals surface area contributed by atoms with E-state index in [1.807, 2.05) is 13.8 Å². The number of carbonyl (C=O) groups is 4. The third-order valence-electron chi connectivity index (χ3n) is 3.16. The molecule has 3 amide bonds. The number of carbonyl (C=O) groups excluding carboxylic acids is 3. The first-order valence-electron chi connectivity index (χ1n) is 7.86. The van der Waals surface area contributed by atoms with E-state index in [4.69, 9.17) is 10.8 Å². The molecule has 138 valence electrons. The van der Waals surface area contributed by atoms with E-state index in [1.54, 1.807) is 13.8 Å². The molecule has 0 heterocycles. The average Bonchev–Trinajstić information content (AvgIpc) is 2.46. The first-order chi connectivity index (χ1) is 11.0. The molecular weight excluding hydrogens is 316 g/mol. The van der Waals surface area contributed by atoms with E-state index in [0.717, 1.165) is 0 Å². The summed E-state index contributed by atoms with van der Waals surface area (Å²) in [4.78, 5) is 46.0. The molecule has 0 spiro atoms. The third-order valence-corrected chi connectivity index (χ3v) is 3.16. The van der Waals surface area contributed by atoms with Gasteiger partial charge in [-0.3, -0.25) is 19.2 Å². The molecule has 0 aromatic heterocycles. The molecule has 6 N–H and O–H groups in total. The van der Waals surface area contributed by atoms with Gasteiger partial charge in [-0.1, -0.05) is 27.7 Å². The molecule has 0 aliphatic heterocycles. The topological polar surface area (TPSA) is 151 Å². The van der Waals surface area contributed by atoms with Crippen molar-refractivity contribution in [3.05, 3.63) is 0 Å². The lowest BCUT2D eigenvalue weighted by Crippen LogP contribution is -2.53. The Balaban J connectivity index is 4.45. The van der Waals surface area contributed by atoms with Gasteiger partial charge >= 0.3 is 5.97 Å². The molecule has 0 aromatic rings. The van der Waals surface area contributed by atoms with Gasteiger partial charge in [-0.25, -0.2) is 0 Å². The van der Waals surface area contributed by atoms with Crippen LogP contribution < -0.4 is 21.7 Å². The van der Waals surface area contributed by atoms with Crippen molar-refractivity contribution in [1.82, 2.24) is 16.0 Å². The lowest BCUT2D eigenvalue weighted by Gasteiger charge is -2.21. The number of nitrogens with two attached hydrogens (primary N) is 1. The summed E-state index contributed by atoms with van der Waals surface area (Å²) in [5.41, 5.74) is 5.71. The van der Waals surface area contributed by atoms with E-state index < -0.39 is 42.3 Å². The van der Waals surface area contributed by atoms with Gasteiger partial charge in [-0.05, 0) is 18.3 Å². The number of aliphatic carboxylic acids is 1. The second-order valence-electron chi connectivity index (χ2n) is 6.35. The summed E-state index contributed by atoms with van der Waals surface area (Å²) in [5.74, 6) is -2.75. The van der Waals surface area contributed by atoms with Crippen LogP contribution in [0.4, 0.5) is 0 Å². The summed E-state index contributed by atoms with van der Waals surface area (Å²) in [6.07, 6.45) is 0.500. The maximum Gasteiger partial charge on any atom is 0.322 e. The summed E-state index contributed by atoms with van der Waals surface area (Å²) in [6.45, 7) is 6.45. The first-order valence-corrected chi connectivity index (χ1v) is 7.86. The molecule has 0 aliphatic rings. The Kier molecular flexibility index (Phi) is 9.63.